The first-order valence-electron chi connectivity index (χ1n) is 6.00. The zero-order chi connectivity index (χ0) is 13.7. The average molecular weight is 260 g/mol. The molecule has 1 amide bonds. The minimum atomic E-state index is -0.823. The molecule has 5 heteroatoms. The first-order chi connectivity index (χ1) is 9.24. The molecule has 4 N–H and O–H groups in total. The fourth-order valence-corrected chi connectivity index (χ4v) is 1.91. The fraction of sp³-hybridized carbons (Fsp3) is 0.214. The summed E-state index contributed by atoms with van der Waals surface area (Å²) in [5, 5.41) is 22.7. The molecule has 2 aromatic carbocycles. The summed E-state index contributed by atoms with van der Waals surface area (Å²) in [7, 11) is 0. The molecule has 0 heterocycles. The van der Waals surface area contributed by atoms with Gasteiger partial charge >= 0.3 is 0 Å². The lowest BCUT2D eigenvalue weighted by molar-refractivity contribution is -0.132. The summed E-state index contributed by atoms with van der Waals surface area (Å²) < 4.78 is 0. The first kappa shape index (κ1) is 13.5. The minimum absolute atomic E-state index is 0.375. The van der Waals surface area contributed by atoms with E-state index in [0.29, 0.717) is 6.54 Å². The van der Waals surface area contributed by atoms with Gasteiger partial charge in [-0.2, -0.15) is 0 Å². The van der Waals surface area contributed by atoms with Gasteiger partial charge in [0.25, 0.3) is 5.91 Å². The van der Waals surface area contributed by atoms with Crippen molar-refractivity contribution < 1.29 is 15.1 Å². The summed E-state index contributed by atoms with van der Waals surface area (Å²) in [5.41, 5.74) is 2.52. The molecule has 100 valence electrons. The Balaban J connectivity index is 2.07. The maximum atomic E-state index is 11.2. The van der Waals surface area contributed by atoms with Gasteiger partial charge in [-0.1, -0.05) is 36.4 Å². The Bertz CT molecular complexity index is 571. The zero-order valence-corrected chi connectivity index (χ0v) is 10.3. The van der Waals surface area contributed by atoms with Crippen LogP contribution in [0.1, 0.15) is 5.56 Å². The number of hydrogen-bond donors (Lipinski definition) is 4. The molecule has 0 unspecified atom stereocenters. The maximum absolute atomic E-state index is 11.2. The Morgan fingerprint density at radius 1 is 1.16 bits per heavy atom. The van der Waals surface area contributed by atoms with Crippen LogP contribution in [0, 0.1) is 0 Å². The Morgan fingerprint density at radius 3 is 2.58 bits per heavy atom. The van der Waals surface area contributed by atoms with Crippen molar-refractivity contribution in [2.75, 3.05) is 6.61 Å². The quantitative estimate of drug-likeness (QED) is 0.473. The summed E-state index contributed by atoms with van der Waals surface area (Å²) in [6, 6.07) is 13.2. The summed E-state index contributed by atoms with van der Waals surface area (Å²) in [4.78, 5) is 11.2. The van der Waals surface area contributed by atoms with Crippen molar-refractivity contribution in [3.63, 3.8) is 0 Å². The normalized spacial score (nSPS) is 12.3. The summed E-state index contributed by atoms with van der Waals surface area (Å²) in [6.07, 6.45) is 0. The molecule has 19 heavy (non-hydrogen) atoms. The van der Waals surface area contributed by atoms with Gasteiger partial charge in [0.15, 0.2) is 0 Å². The number of carbonyl (C=O) groups excluding carboxylic acids is 1. The molecule has 0 aromatic heterocycles. The Labute approximate surface area is 110 Å². The maximum Gasteiger partial charge on any atom is 0.262 e. The van der Waals surface area contributed by atoms with E-state index >= 15 is 0 Å². The third kappa shape index (κ3) is 3.29. The van der Waals surface area contributed by atoms with Crippen molar-refractivity contribution in [3.05, 3.63) is 48.0 Å². The molecule has 0 spiro atoms. The molecule has 0 saturated carbocycles. The highest BCUT2D eigenvalue weighted by Gasteiger charge is 2.15. The monoisotopic (exact) mass is 260 g/mol. The number of hydroxylamine groups is 1. The van der Waals surface area contributed by atoms with Crippen LogP contribution in [-0.2, 0) is 11.3 Å². The van der Waals surface area contributed by atoms with Gasteiger partial charge < -0.3 is 5.11 Å². The number of benzene rings is 2. The molecule has 0 saturated heterocycles. The standard InChI is InChI=1S/C14H16N2O3/c17-9-13(14(18)16-19)15-8-10-5-6-11-3-1-2-4-12(11)7-10/h1-7,13,15,17,19H,8-9H2,(H,16,18)/t13-/m0/s1. The van der Waals surface area contributed by atoms with Crippen LogP contribution < -0.4 is 10.8 Å². The van der Waals surface area contributed by atoms with E-state index in [9.17, 15) is 4.79 Å². The van der Waals surface area contributed by atoms with Gasteiger partial charge in [0.2, 0.25) is 0 Å². The zero-order valence-electron chi connectivity index (χ0n) is 10.3. The smallest absolute Gasteiger partial charge is 0.262 e. The average Bonchev–Trinajstić information content (AvgIpc) is 2.47. The number of aliphatic hydroxyl groups excluding tert-OH is 1. The number of hydrogen-bond acceptors (Lipinski definition) is 4. The van der Waals surface area contributed by atoms with Crippen LogP contribution >= 0.6 is 0 Å². The van der Waals surface area contributed by atoms with Crippen LogP contribution in [-0.4, -0.2) is 28.9 Å². The van der Waals surface area contributed by atoms with E-state index in [4.69, 9.17) is 10.3 Å². The third-order valence-electron chi connectivity index (χ3n) is 2.98. The number of amides is 1. The van der Waals surface area contributed by atoms with E-state index in [1.807, 2.05) is 42.5 Å². The summed E-state index contributed by atoms with van der Waals surface area (Å²) in [5.74, 6) is -0.650. The highest BCUT2D eigenvalue weighted by atomic mass is 16.5. The number of aliphatic hydroxyl groups is 1. The number of fused-ring (bicyclic) bond motifs is 1. The molecule has 5 nitrogen and oxygen atoms in total. The Kier molecular flexibility index (Phi) is 4.46. The van der Waals surface area contributed by atoms with E-state index in [0.717, 1.165) is 16.3 Å². The molecule has 2 rings (SSSR count). The molecule has 0 aliphatic rings. The highest BCUT2D eigenvalue weighted by Crippen LogP contribution is 2.15. The highest BCUT2D eigenvalue weighted by molar-refractivity contribution is 5.83. The lowest BCUT2D eigenvalue weighted by Crippen LogP contribution is -2.45. The first-order valence-corrected chi connectivity index (χ1v) is 6.00. The molecular formula is C14H16N2O3. The van der Waals surface area contributed by atoms with Crippen LogP contribution in [0.25, 0.3) is 10.8 Å². The Hall–Kier alpha value is -1.95. The second-order valence-electron chi connectivity index (χ2n) is 4.27. The second-order valence-corrected chi connectivity index (χ2v) is 4.27. The topological polar surface area (TPSA) is 81.6 Å². The van der Waals surface area contributed by atoms with E-state index in [-0.39, 0.29) is 6.61 Å². The van der Waals surface area contributed by atoms with Gasteiger partial charge in [-0.25, -0.2) is 5.48 Å². The summed E-state index contributed by atoms with van der Waals surface area (Å²) in [6.45, 7) is 0.0590. The molecule has 2 aromatic rings. The second kappa shape index (κ2) is 6.29. The molecule has 1 atom stereocenters. The van der Waals surface area contributed by atoms with E-state index in [1.165, 1.54) is 5.48 Å². The predicted octanol–water partition coefficient (Wildman–Crippen LogP) is 0.796. The lowest BCUT2D eigenvalue weighted by atomic mass is 10.1. The van der Waals surface area contributed by atoms with Crippen LogP contribution in [0.2, 0.25) is 0 Å². The third-order valence-corrected chi connectivity index (χ3v) is 2.98. The summed E-state index contributed by atoms with van der Waals surface area (Å²) >= 11 is 0. The number of nitrogens with one attached hydrogen (secondary N) is 2. The van der Waals surface area contributed by atoms with Crippen molar-refractivity contribution in [1.29, 1.82) is 0 Å². The van der Waals surface area contributed by atoms with Gasteiger partial charge in [0.05, 0.1) is 6.61 Å². The van der Waals surface area contributed by atoms with Crippen molar-refractivity contribution in [1.82, 2.24) is 10.8 Å². The predicted molar refractivity (Wildman–Crippen MR) is 71.6 cm³/mol. The van der Waals surface area contributed by atoms with Gasteiger partial charge in [-0.3, -0.25) is 15.3 Å². The van der Waals surface area contributed by atoms with Gasteiger partial charge in [0.1, 0.15) is 6.04 Å². The van der Waals surface area contributed by atoms with E-state index in [1.54, 1.807) is 0 Å². The molecule has 0 radical (unpaired) electrons. The number of rotatable bonds is 5. The van der Waals surface area contributed by atoms with Crippen LogP contribution in [0.3, 0.4) is 0 Å². The van der Waals surface area contributed by atoms with Crippen LogP contribution in [0.15, 0.2) is 42.5 Å². The SMILES string of the molecule is O=C(NO)[C@H](CO)NCc1ccc2ccccc2c1. The fourth-order valence-electron chi connectivity index (χ4n) is 1.91. The molecular weight excluding hydrogens is 244 g/mol. The molecule has 0 aliphatic heterocycles. The van der Waals surface area contributed by atoms with Crippen molar-refractivity contribution in [2.45, 2.75) is 12.6 Å². The van der Waals surface area contributed by atoms with E-state index < -0.39 is 11.9 Å². The van der Waals surface area contributed by atoms with Gasteiger partial charge in [-0.15, -0.1) is 0 Å². The largest absolute Gasteiger partial charge is 0.394 e. The van der Waals surface area contributed by atoms with Crippen molar-refractivity contribution in [2.24, 2.45) is 0 Å². The van der Waals surface area contributed by atoms with Crippen molar-refractivity contribution >= 4 is 16.7 Å². The lowest BCUT2D eigenvalue weighted by Gasteiger charge is -2.14. The van der Waals surface area contributed by atoms with Crippen molar-refractivity contribution in [3.8, 4) is 0 Å². The van der Waals surface area contributed by atoms with Gasteiger partial charge in [0, 0.05) is 6.54 Å². The van der Waals surface area contributed by atoms with Crippen LogP contribution in [0.5, 0.6) is 0 Å². The Morgan fingerprint density at radius 2 is 1.89 bits per heavy atom. The molecule has 0 aliphatic carbocycles. The van der Waals surface area contributed by atoms with Gasteiger partial charge in [-0.05, 0) is 22.4 Å². The van der Waals surface area contributed by atoms with Crippen LogP contribution in [0.4, 0.5) is 0 Å². The number of carbonyl (C=O) groups is 1. The minimum Gasteiger partial charge on any atom is -0.394 e. The van der Waals surface area contributed by atoms with E-state index in [2.05, 4.69) is 5.32 Å². The molecule has 0 fully saturated rings. The molecule has 0 bridgehead atoms.